The lowest BCUT2D eigenvalue weighted by molar-refractivity contribution is 0.465. The van der Waals surface area contributed by atoms with Gasteiger partial charge in [0.15, 0.2) is 5.96 Å². The van der Waals surface area contributed by atoms with Gasteiger partial charge in [0.1, 0.15) is 0 Å². The Labute approximate surface area is 140 Å². The van der Waals surface area contributed by atoms with Crippen molar-refractivity contribution in [2.75, 3.05) is 38.1 Å². The van der Waals surface area contributed by atoms with E-state index in [1.165, 1.54) is 24.1 Å². The molecule has 1 heterocycles. The van der Waals surface area contributed by atoms with Crippen LogP contribution in [-0.2, 0) is 6.54 Å². The van der Waals surface area contributed by atoms with E-state index in [1.54, 1.807) is 0 Å². The average Bonchev–Trinajstić information content (AvgIpc) is 3.11. The molecular weight excluding hydrogens is 284 g/mol. The summed E-state index contributed by atoms with van der Waals surface area (Å²) in [7, 11) is 2.11. The van der Waals surface area contributed by atoms with E-state index in [9.17, 15) is 0 Å². The molecule has 0 atom stereocenters. The summed E-state index contributed by atoms with van der Waals surface area (Å²) >= 11 is 0. The van der Waals surface area contributed by atoms with Gasteiger partial charge in [-0.15, -0.1) is 0 Å². The molecule has 0 bridgehead atoms. The Kier molecular flexibility index (Phi) is 6.98. The molecule has 0 saturated carbocycles. The van der Waals surface area contributed by atoms with E-state index in [2.05, 4.69) is 72.4 Å². The standard InChI is InChI=1S/C19H30N4/c1-4-6-12-22(3)19(20-5-2)21-16-17-10-9-11-18(15-17)23-13-7-8-14-23/h7-11,15H,4-6,12-14,16H2,1-3H3,(H,20,21). The minimum Gasteiger partial charge on any atom is -0.364 e. The number of nitrogens with zero attached hydrogens (tertiary/aromatic N) is 3. The molecule has 0 unspecified atom stereocenters. The Morgan fingerprint density at radius 1 is 1.26 bits per heavy atom. The number of aliphatic imine (C=N–C) groups is 1. The van der Waals surface area contributed by atoms with E-state index >= 15 is 0 Å². The zero-order chi connectivity index (χ0) is 16.5. The van der Waals surface area contributed by atoms with E-state index in [0.717, 1.165) is 32.1 Å². The summed E-state index contributed by atoms with van der Waals surface area (Å²) < 4.78 is 0. The SMILES string of the molecule is CCCCN(C)C(=NCc1cccc(N2CC=CC2)c1)NCC. The molecule has 23 heavy (non-hydrogen) atoms. The number of hydrogen-bond acceptors (Lipinski definition) is 2. The molecule has 0 fully saturated rings. The fourth-order valence-electron chi connectivity index (χ4n) is 2.68. The first kappa shape index (κ1) is 17.4. The molecule has 0 aliphatic carbocycles. The fraction of sp³-hybridized carbons (Fsp3) is 0.526. The molecule has 126 valence electrons. The minimum absolute atomic E-state index is 0.716. The van der Waals surface area contributed by atoms with Crippen LogP contribution in [0.2, 0.25) is 0 Å². The largest absolute Gasteiger partial charge is 0.364 e. The van der Waals surface area contributed by atoms with Gasteiger partial charge in [-0.3, -0.25) is 0 Å². The summed E-state index contributed by atoms with van der Waals surface area (Å²) in [6.07, 6.45) is 6.83. The third-order valence-corrected chi connectivity index (χ3v) is 4.05. The second-order valence-corrected chi connectivity index (χ2v) is 5.99. The van der Waals surface area contributed by atoms with Crippen LogP contribution in [0.15, 0.2) is 41.4 Å². The predicted octanol–water partition coefficient (Wildman–Crippen LogP) is 3.26. The Bertz CT molecular complexity index is 528. The predicted molar refractivity (Wildman–Crippen MR) is 100 cm³/mol. The first-order valence-electron chi connectivity index (χ1n) is 8.73. The number of nitrogens with one attached hydrogen (secondary N) is 1. The fourth-order valence-corrected chi connectivity index (χ4v) is 2.68. The number of guanidine groups is 1. The van der Waals surface area contributed by atoms with Crippen LogP contribution in [-0.4, -0.2) is 44.1 Å². The van der Waals surface area contributed by atoms with E-state index in [1.807, 2.05) is 0 Å². The summed E-state index contributed by atoms with van der Waals surface area (Å²) in [6, 6.07) is 8.73. The number of rotatable bonds is 7. The molecule has 0 radical (unpaired) electrons. The van der Waals surface area contributed by atoms with Gasteiger partial charge in [0.2, 0.25) is 0 Å². The summed E-state index contributed by atoms with van der Waals surface area (Å²) in [5.41, 5.74) is 2.54. The van der Waals surface area contributed by atoms with E-state index in [-0.39, 0.29) is 0 Å². The lowest BCUT2D eigenvalue weighted by atomic mass is 10.2. The monoisotopic (exact) mass is 314 g/mol. The number of benzene rings is 1. The van der Waals surface area contributed by atoms with Crippen LogP contribution < -0.4 is 10.2 Å². The molecule has 1 N–H and O–H groups in total. The molecule has 2 rings (SSSR count). The molecule has 1 aromatic rings. The Hall–Kier alpha value is -1.97. The van der Waals surface area contributed by atoms with Crippen molar-refractivity contribution in [3.63, 3.8) is 0 Å². The lowest BCUT2D eigenvalue weighted by Gasteiger charge is -2.22. The maximum atomic E-state index is 4.80. The van der Waals surface area contributed by atoms with Crippen molar-refractivity contribution in [2.45, 2.75) is 33.2 Å². The third-order valence-electron chi connectivity index (χ3n) is 4.05. The van der Waals surface area contributed by atoms with Gasteiger partial charge in [-0.1, -0.05) is 37.6 Å². The van der Waals surface area contributed by atoms with Gasteiger partial charge in [-0.05, 0) is 31.0 Å². The lowest BCUT2D eigenvalue weighted by Crippen LogP contribution is -2.39. The summed E-state index contributed by atoms with van der Waals surface area (Å²) in [5.74, 6) is 0.995. The van der Waals surface area contributed by atoms with Crippen LogP contribution in [0.25, 0.3) is 0 Å². The molecular formula is C19H30N4. The molecule has 1 aliphatic rings. The highest BCUT2D eigenvalue weighted by Gasteiger charge is 2.08. The van der Waals surface area contributed by atoms with Crippen LogP contribution in [0.1, 0.15) is 32.3 Å². The highest BCUT2D eigenvalue weighted by molar-refractivity contribution is 5.79. The zero-order valence-electron chi connectivity index (χ0n) is 14.8. The van der Waals surface area contributed by atoms with Gasteiger partial charge >= 0.3 is 0 Å². The van der Waals surface area contributed by atoms with E-state index in [4.69, 9.17) is 4.99 Å². The summed E-state index contributed by atoms with van der Waals surface area (Å²) in [6.45, 7) is 9.01. The van der Waals surface area contributed by atoms with Gasteiger partial charge in [0.05, 0.1) is 6.54 Å². The zero-order valence-corrected chi connectivity index (χ0v) is 14.8. The van der Waals surface area contributed by atoms with Crippen molar-refractivity contribution in [2.24, 2.45) is 4.99 Å². The van der Waals surface area contributed by atoms with Crippen molar-refractivity contribution in [1.82, 2.24) is 10.2 Å². The maximum Gasteiger partial charge on any atom is 0.193 e. The Morgan fingerprint density at radius 2 is 2.04 bits per heavy atom. The van der Waals surface area contributed by atoms with Crippen LogP contribution >= 0.6 is 0 Å². The number of anilines is 1. The molecule has 0 spiro atoms. The highest BCUT2D eigenvalue weighted by Crippen LogP contribution is 2.19. The highest BCUT2D eigenvalue weighted by atomic mass is 15.3. The topological polar surface area (TPSA) is 30.9 Å². The second kappa shape index (κ2) is 9.23. The van der Waals surface area contributed by atoms with Gasteiger partial charge < -0.3 is 15.1 Å². The van der Waals surface area contributed by atoms with Gasteiger partial charge in [-0.25, -0.2) is 4.99 Å². The molecule has 4 nitrogen and oxygen atoms in total. The van der Waals surface area contributed by atoms with Crippen molar-refractivity contribution in [3.8, 4) is 0 Å². The smallest absolute Gasteiger partial charge is 0.193 e. The molecule has 1 aliphatic heterocycles. The number of unbranched alkanes of at least 4 members (excludes halogenated alkanes) is 1. The molecule has 0 amide bonds. The Balaban J connectivity index is 2.01. The van der Waals surface area contributed by atoms with Crippen LogP contribution in [0.3, 0.4) is 0 Å². The van der Waals surface area contributed by atoms with Crippen LogP contribution in [0.5, 0.6) is 0 Å². The van der Waals surface area contributed by atoms with Crippen molar-refractivity contribution < 1.29 is 0 Å². The van der Waals surface area contributed by atoms with Gasteiger partial charge in [0, 0.05) is 38.9 Å². The van der Waals surface area contributed by atoms with Crippen LogP contribution in [0, 0.1) is 0 Å². The normalized spacial score (nSPS) is 14.4. The number of hydrogen-bond donors (Lipinski definition) is 1. The minimum atomic E-state index is 0.716. The first-order chi connectivity index (χ1) is 11.2. The van der Waals surface area contributed by atoms with Crippen LogP contribution in [0.4, 0.5) is 5.69 Å². The van der Waals surface area contributed by atoms with Crippen molar-refractivity contribution in [1.29, 1.82) is 0 Å². The molecule has 1 aromatic carbocycles. The molecule has 4 heteroatoms. The quantitative estimate of drug-likeness (QED) is 0.476. The van der Waals surface area contributed by atoms with Crippen molar-refractivity contribution >= 4 is 11.6 Å². The maximum absolute atomic E-state index is 4.80. The van der Waals surface area contributed by atoms with Gasteiger partial charge in [-0.2, -0.15) is 0 Å². The first-order valence-corrected chi connectivity index (χ1v) is 8.73. The summed E-state index contributed by atoms with van der Waals surface area (Å²) in [5, 5.41) is 3.39. The average molecular weight is 314 g/mol. The Morgan fingerprint density at radius 3 is 2.74 bits per heavy atom. The van der Waals surface area contributed by atoms with Gasteiger partial charge in [0.25, 0.3) is 0 Å². The van der Waals surface area contributed by atoms with E-state index in [0.29, 0.717) is 6.54 Å². The second-order valence-electron chi connectivity index (χ2n) is 5.99. The van der Waals surface area contributed by atoms with E-state index < -0.39 is 0 Å². The summed E-state index contributed by atoms with van der Waals surface area (Å²) in [4.78, 5) is 9.39. The third kappa shape index (κ3) is 5.31. The molecule has 0 aromatic heterocycles. The van der Waals surface area contributed by atoms with Crippen molar-refractivity contribution in [3.05, 3.63) is 42.0 Å². The molecule has 0 saturated heterocycles.